The van der Waals surface area contributed by atoms with Gasteiger partial charge in [-0.3, -0.25) is 9.59 Å². The van der Waals surface area contributed by atoms with Gasteiger partial charge in [-0.05, 0) is 91.4 Å². The Morgan fingerprint density at radius 1 is 0.750 bits per heavy atom. The molecule has 0 heterocycles. The maximum atomic E-state index is 13.3. The van der Waals surface area contributed by atoms with Crippen molar-refractivity contribution >= 4 is 23.9 Å². The van der Waals surface area contributed by atoms with E-state index >= 15 is 0 Å². The third-order valence-corrected chi connectivity index (χ3v) is 6.47. The molecule has 0 N–H and O–H groups in total. The molecule has 4 aliphatic carbocycles. The lowest BCUT2D eigenvalue weighted by Gasteiger charge is -2.58. The van der Waals surface area contributed by atoms with Gasteiger partial charge >= 0.3 is 23.9 Å². The summed E-state index contributed by atoms with van der Waals surface area (Å²) in [6, 6.07) is 0. The van der Waals surface area contributed by atoms with Crippen LogP contribution < -0.4 is 0 Å². The summed E-state index contributed by atoms with van der Waals surface area (Å²) in [5.74, 6) is -2.30. The lowest BCUT2D eigenvalue weighted by atomic mass is 9.45. The summed E-state index contributed by atoms with van der Waals surface area (Å²) in [6.45, 7) is 9.45. The van der Waals surface area contributed by atoms with Crippen LogP contribution in [0.2, 0.25) is 0 Å². The molecule has 32 heavy (non-hydrogen) atoms. The first-order valence-electron chi connectivity index (χ1n) is 11.5. The molecule has 3 atom stereocenters. The van der Waals surface area contributed by atoms with Crippen LogP contribution in [0, 0.1) is 29.1 Å². The zero-order valence-corrected chi connectivity index (χ0v) is 20.0. The zero-order valence-electron chi connectivity index (χ0n) is 20.0. The van der Waals surface area contributed by atoms with E-state index in [-0.39, 0.29) is 5.92 Å². The Hall–Kier alpha value is -2.12. The molecule has 180 valence electrons. The van der Waals surface area contributed by atoms with Gasteiger partial charge < -0.3 is 18.9 Å². The van der Waals surface area contributed by atoms with Crippen molar-refractivity contribution in [2.75, 3.05) is 13.2 Å². The van der Waals surface area contributed by atoms with Gasteiger partial charge in [-0.25, -0.2) is 9.59 Å². The quantitative estimate of drug-likeness (QED) is 0.447. The number of hydrogen-bond acceptors (Lipinski definition) is 8. The van der Waals surface area contributed by atoms with Crippen LogP contribution >= 0.6 is 0 Å². The fourth-order valence-corrected chi connectivity index (χ4v) is 5.98. The monoisotopic (exact) mass is 452 g/mol. The topological polar surface area (TPSA) is 105 Å². The SMILES string of the molecule is CC(C)(C)OC(=O)COC(=O)C1C2CC3CC(C2)CC1(C(=O)OCC(=O)OC(C)(C)C)C3. The molecule has 0 amide bonds. The van der Waals surface area contributed by atoms with Gasteiger partial charge in [0.2, 0.25) is 0 Å². The molecule has 0 aliphatic heterocycles. The summed E-state index contributed by atoms with van der Waals surface area (Å²) in [7, 11) is 0. The van der Waals surface area contributed by atoms with Crippen LogP contribution in [-0.4, -0.2) is 48.3 Å². The minimum Gasteiger partial charge on any atom is -0.457 e. The molecule has 0 spiro atoms. The minimum atomic E-state index is -1.01. The van der Waals surface area contributed by atoms with Crippen LogP contribution in [0.3, 0.4) is 0 Å². The first kappa shape index (κ1) is 24.5. The Labute approximate surface area is 189 Å². The Bertz CT molecular complexity index is 758. The molecule has 8 heteroatoms. The molecular weight excluding hydrogens is 416 g/mol. The van der Waals surface area contributed by atoms with Crippen molar-refractivity contribution in [2.45, 2.75) is 84.8 Å². The van der Waals surface area contributed by atoms with Crippen molar-refractivity contribution in [2.24, 2.45) is 29.1 Å². The van der Waals surface area contributed by atoms with Crippen LogP contribution in [0.4, 0.5) is 0 Å². The minimum absolute atomic E-state index is 0.0152. The smallest absolute Gasteiger partial charge is 0.344 e. The number of carbonyl (C=O) groups is 4. The van der Waals surface area contributed by atoms with E-state index in [1.165, 1.54) is 0 Å². The fraction of sp³-hybridized carbons (Fsp3) is 0.833. The fourth-order valence-electron chi connectivity index (χ4n) is 5.98. The molecule has 3 unspecified atom stereocenters. The highest BCUT2D eigenvalue weighted by molar-refractivity contribution is 5.88. The maximum absolute atomic E-state index is 13.3. The van der Waals surface area contributed by atoms with E-state index in [1.807, 2.05) is 0 Å². The van der Waals surface area contributed by atoms with E-state index in [4.69, 9.17) is 18.9 Å². The van der Waals surface area contributed by atoms with Crippen LogP contribution in [0.25, 0.3) is 0 Å². The van der Waals surface area contributed by atoms with E-state index in [9.17, 15) is 19.2 Å². The van der Waals surface area contributed by atoms with Crippen molar-refractivity contribution in [3.05, 3.63) is 0 Å². The average Bonchev–Trinajstić information content (AvgIpc) is 2.60. The van der Waals surface area contributed by atoms with Crippen molar-refractivity contribution in [3.8, 4) is 0 Å². The Balaban J connectivity index is 1.70. The molecule has 0 aromatic rings. The molecular formula is C24H36O8. The Kier molecular flexibility index (Phi) is 6.64. The van der Waals surface area contributed by atoms with E-state index in [2.05, 4.69) is 0 Å². The molecule has 0 saturated heterocycles. The summed E-state index contributed by atoms with van der Waals surface area (Å²) >= 11 is 0. The van der Waals surface area contributed by atoms with Gasteiger partial charge in [0.15, 0.2) is 13.2 Å². The highest BCUT2D eigenvalue weighted by atomic mass is 16.6. The third kappa shape index (κ3) is 5.62. The molecule has 0 aromatic heterocycles. The lowest BCUT2D eigenvalue weighted by molar-refractivity contribution is -0.200. The maximum Gasteiger partial charge on any atom is 0.344 e. The number of esters is 4. The van der Waals surface area contributed by atoms with Crippen molar-refractivity contribution in [1.29, 1.82) is 0 Å². The van der Waals surface area contributed by atoms with Crippen LogP contribution in [0.5, 0.6) is 0 Å². The second-order valence-corrected chi connectivity index (χ2v) is 11.6. The Morgan fingerprint density at radius 3 is 1.69 bits per heavy atom. The number of rotatable bonds is 6. The largest absolute Gasteiger partial charge is 0.457 e. The Morgan fingerprint density at radius 2 is 1.22 bits per heavy atom. The molecule has 4 saturated carbocycles. The van der Waals surface area contributed by atoms with Crippen molar-refractivity contribution in [1.82, 2.24) is 0 Å². The zero-order chi connectivity index (χ0) is 23.9. The van der Waals surface area contributed by atoms with Gasteiger partial charge in [0.05, 0.1) is 11.3 Å². The van der Waals surface area contributed by atoms with E-state index < -0.39 is 59.6 Å². The summed E-state index contributed by atoms with van der Waals surface area (Å²) in [4.78, 5) is 50.5. The van der Waals surface area contributed by atoms with Crippen LogP contribution in [-0.2, 0) is 38.1 Å². The highest BCUT2D eigenvalue weighted by Gasteiger charge is 2.64. The third-order valence-electron chi connectivity index (χ3n) is 6.47. The van der Waals surface area contributed by atoms with Crippen LogP contribution in [0.15, 0.2) is 0 Å². The second-order valence-electron chi connectivity index (χ2n) is 11.6. The summed E-state index contributed by atoms with van der Waals surface area (Å²) in [6.07, 6.45) is 3.86. The predicted molar refractivity (Wildman–Crippen MR) is 113 cm³/mol. The predicted octanol–water partition coefficient (Wildman–Crippen LogP) is 3.20. The van der Waals surface area contributed by atoms with E-state index in [1.54, 1.807) is 41.5 Å². The molecule has 4 rings (SSSR count). The molecule has 0 radical (unpaired) electrons. The highest BCUT2D eigenvalue weighted by Crippen LogP contribution is 2.63. The van der Waals surface area contributed by atoms with Gasteiger partial charge in [0, 0.05) is 0 Å². The first-order valence-corrected chi connectivity index (χ1v) is 11.5. The van der Waals surface area contributed by atoms with Gasteiger partial charge in [-0.2, -0.15) is 0 Å². The number of ether oxygens (including phenoxy) is 4. The summed E-state index contributed by atoms with van der Waals surface area (Å²) in [5, 5.41) is 0. The molecule has 4 aliphatic rings. The molecule has 0 aromatic carbocycles. The second kappa shape index (κ2) is 8.67. The molecule has 4 fully saturated rings. The van der Waals surface area contributed by atoms with Gasteiger partial charge in [-0.1, -0.05) is 0 Å². The number of carbonyl (C=O) groups excluding carboxylic acids is 4. The van der Waals surface area contributed by atoms with Crippen molar-refractivity contribution in [3.63, 3.8) is 0 Å². The average molecular weight is 453 g/mol. The molecule has 8 nitrogen and oxygen atoms in total. The first-order chi connectivity index (χ1) is 14.7. The normalized spacial score (nSPS) is 31.1. The van der Waals surface area contributed by atoms with E-state index in [0.717, 1.165) is 19.3 Å². The van der Waals surface area contributed by atoms with E-state index in [0.29, 0.717) is 24.7 Å². The molecule has 4 bridgehead atoms. The number of hydrogen-bond donors (Lipinski definition) is 0. The van der Waals surface area contributed by atoms with Crippen LogP contribution in [0.1, 0.15) is 73.6 Å². The van der Waals surface area contributed by atoms with Gasteiger partial charge in [-0.15, -0.1) is 0 Å². The lowest BCUT2D eigenvalue weighted by Crippen LogP contribution is -2.59. The summed E-state index contributed by atoms with van der Waals surface area (Å²) < 4.78 is 21.2. The summed E-state index contributed by atoms with van der Waals surface area (Å²) in [5.41, 5.74) is -2.38. The standard InChI is InChI=1S/C24H36O8/c1-22(2,3)31-17(25)12-29-20(27)19-16-8-14-7-15(9-16)11-24(19,10-14)21(28)30-13-18(26)32-23(4,5)6/h14-16,19H,7-13H2,1-6H3. The van der Waals surface area contributed by atoms with Gasteiger partial charge in [0.25, 0.3) is 0 Å². The van der Waals surface area contributed by atoms with Gasteiger partial charge in [0.1, 0.15) is 11.2 Å². The van der Waals surface area contributed by atoms with Crippen molar-refractivity contribution < 1.29 is 38.1 Å².